The van der Waals surface area contributed by atoms with Crippen molar-refractivity contribution in [3.63, 3.8) is 0 Å². The maximum atomic E-state index is 5.56. The summed E-state index contributed by atoms with van der Waals surface area (Å²) in [7, 11) is 1.91. The summed E-state index contributed by atoms with van der Waals surface area (Å²) in [6.45, 7) is 5.73. The predicted molar refractivity (Wildman–Crippen MR) is 61.0 cm³/mol. The topological polar surface area (TPSA) is 15.6 Å². The monoisotopic (exact) mass is 216 g/mol. The third-order valence-corrected chi connectivity index (χ3v) is 3.00. The van der Waals surface area contributed by atoms with Crippen molar-refractivity contribution in [2.45, 2.75) is 18.6 Å². The highest BCUT2D eigenvalue weighted by Crippen LogP contribution is 2.33. The van der Waals surface area contributed by atoms with Crippen LogP contribution in [0.1, 0.15) is 13.3 Å². The third kappa shape index (κ3) is 3.44. The summed E-state index contributed by atoms with van der Waals surface area (Å²) < 4.78 is 0. The molecule has 0 aromatic carbocycles. The Morgan fingerprint density at radius 3 is 3.08 bits per heavy atom. The minimum Gasteiger partial charge on any atom is -0.262 e. The Labute approximate surface area is 88.3 Å². The SMILES string of the molecule is C=C(Cl)/C=N\N(C)C1=CCC(C)S1. The summed E-state index contributed by atoms with van der Waals surface area (Å²) >= 11 is 7.39. The van der Waals surface area contributed by atoms with Crippen LogP contribution in [0.15, 0.2) is 27.8 Å². The van der Waals surface area contributed by atoms with Gasteiger partial charge >= 0.3 is 0 Å². The van der Waals surface area contributed by atoms with Crippen molar-refractivity contribution in [3.05, 3.63) is 22.7 Å². The maximum absolute atomic E-state index is 5.56. The summed E-state index contributed by atoms with van der Waals surface area (Å²) in [6.07, 6.45) is 4.84. The van der Waals surface area contributed by atoms with Crippen LogP contribution in [-0.4, -0.2) is 23.5 Å². The lowest BCUT2D eigenvalue weighted by Crippen LogP contribution is -2.07. The molecule has 1 unspecified atom stereocenters. The Morgan fingerprint density at radius 1 is 1.92 bits per heavy atom. The van der Waals surface area contributed by atoms with Gasteiger partial charge < -0.3 is 0 Å². The fraction of sp³-hybridized carbons (Fsp3) is 0.444. The van der Waals surface area contributed by atoms with Gasteiger partial charge in [-0.3, -0.25) is 5.01 Å². The maximum Gasteiger partial charge on any atom is 0.0883 e. The molecule has 13 heavy (non-hydrogen) atoms. The molecule has 0 bridgehead atoms. The normalized spacial score (nSPS) is 22.1. The Bertz CT molecular complexity index is 260. The molecule has 0 fully saturated rings. The number of hydrazone groups is 1. The van der Waals surface area contributed by atoms with Crippen molar-refractivity contribution >= 4 is 29.6 Å². The fourth-order valence-electron chi connectivity index (χ4n) is 0.984. The number of halogens is 1. The van der Waals surface area contributed by atoms with E-state index in [-0.39, 0.29) is 0 Å². The Kier molecular flexibility index (Phi) is 3.88. The van der Waals surface area contributed by atoms with Crippen LogP contribution in [0.2, 0.25) is 0 Å². The standard InChI is InChI=1S/C9H13ClN2S/c1-7(10)6-11-12(3)9-5-4-8(2)13-9/h5-6,8H,1,4H2,2-3H3/b11-6-. The van der Waals surface area contributed by atoms with Crippen LogP contribution in [-0.2, 0) is 0 Å². The molecule has 0 spiro atoms. The minimum atomic E-state index is 0.448. The Hall–Kier alpha value is -0.410. The second-order valence-electron chi connectivity index (χ2n) is 2.92. The van der Waals surface area contributed by atoms with Crippen molar-refractivity contribution in [3.8, 4) is 0 Å². The smallest absolute Gasteiger partial charge is 0.0883 e. The zero-order valence-electron chi connectivity index (χ0n) is 7.83. The Morgan fingerprint density at radius 2 is 2.62 bits per heavy atom. The van der Waals surface area contributed by atoms with Crippen LogP contribution >= 0.6 is 23.4 Å². The molecular formula is C9H13ClN2S. The first-order valence-electron chi connectivity index (χ1n) is 4.08. The van der Waals surface area contributed by atoms with Crippen LogP contribution in [0.4, 0.5) is 0 Å². The number of thioether (sulfide) groups is 1. The molecule has 1 atom stereocenters. The largest absolute Gasteiger partial charge is 0.262 e. The number of rotatable bonds is 3. The molecule has 1 aliphatic heterocycles. The molecule has 72 valence electrons. The first kappa shape index (κ1) is 10.7. The fourth-order valence-corrected chi connectivity index (χ4v) is 2.02. The van der Waals surface area contributed by atoms with Gasteiger partial charge in [0.2, 0.25) is 0 Å². The second kappa shape index (κ2) is 4.72. The molecule has 0 radical (unpaired) electrons. The predicted octanol–water partition coefficient (Wildman–Crippen LogP) is 3.02. The van der Waals surface area contributed by atoms with Gasteiger partial charge in [-0.1, -0.05) is 31.2 Å². The minimum absolute atomic E-state index is 0.448. The van der Waals surface area contributed by atoms with E-state index in [1.165, 1.54) is 5.03 Å². The van der Waals surface area contributed by atoms with E-state index < -0.39 is 0 Å². The lowest BCUT2D eigenvalue weighted by atomic mass is 10.3. The molecule has 0 aliphatic carbocycles. The molecule has 2 nitrogen and oxygen atoms in total. The van der Waals surface area contributed by atoms with Gasteiger partial charge in [0, 0.05) is 12.3 Å². The average Bonchev–Trinajstić information content (AvgIpc) is 2.47. The zero-order valence-corrected chi connectivity index (χ0v) is 9.40. The van der Waals surface area contributed by atoms with Gasteiger partial charge in [0.25, 0.3) is 0 Å². The van der Waals surface area contributed by atoms with E-state index >= 15 is 0 Å². The first-order valence-corrected chi connectivity index (χ1v) is 5.34. The molecule has 0 N–H and O–H groups in total. The Balaban J connectivity index is 2.49. The van der Waals surface area contributed by atoms with Crippen LogP contribution in [0.25, 0.3) is 0 Å². The van der Waals surface area contributed by atoms with E-state index in [0.29, 0.717) is 10.3 Å². The van der Waals surface area contributed by atoms with Crippen molar-refractivity contribution < 1.29 is 0 Å². The van der Waals surface area contributed by atoms with E-state index in [0.717, 1.165) is 6.42 Å². The summed E-state index contributed by atoms with van der Waals surface area (Å²) in [5.74, 6) is 0. The molecule has 0 aromatic heterocycles. The van der Waals surface area contributed by atoms with Gasteiger partial charge in [0.05, 0.1) is 16.3 Å². The van der Waals surface area contributed by atoms with Crippen LogP contribution in [0.3, 0.4) is 0 Å². The highest BCUT2D eigenvalue weighted by molar-refractivity contribution is 8.03. The van der Waals surface area contributed by atoms with Gasteiger partial charge in [0.1, 0.15) is 0 Å². The zero-order chi connectivity index (χ0) is 9.84. The summed E-state index contributed by atoms with van der Waals surface area (Å²) in [5, 5.41) is 8.24. The number of hydrogen-bond acceptors (Lipinski definition) is 3. The number of allylic oxidation sites excluding steroid dienone is 2. The van der Waals surface area contributed by atoms with Gasteiger partial charge in [-0.2, -0.15) is 5.10 Å². The lowest BCUT2D eigenvalue weighted by molar-refractivity contribution is 0.481. The molecule has 1 rings (SSSR count). The van der Waals surface area contributed by atoms with Gasteiger partial charge in [-0.15, -0.1) is 11.8 Å². The average molecular weight is 217 g/mol. The van der Waals surface area contributed by atoms with Crippen molar-refractivity contribution in [2.24, 2.45) is 5.10 Å². The van der Waals surface area contributed by atoms with E-state index in [1.807, 2.05) is 23.8 Å². The van der Waals surface area contributed by atoms with Crippen molar-refractivity contribution in [2.75, 3.05) is 7.05 Å². The summed E-state index contributed by atoms with van der Waals surface area (Å²) in [6, 6.07) is 0. The van der Waals surface area contributed by atoms with Crippen LogP contribution in [0, 0.1) is 0 Å². The highest BCUT2D eigenvalue weighted by atomic mass is 35.5. The molecule has 0 saturated carbocycles. The highest BCUT2D eigenvalue weighted by Gasteiger charge is 2.15. The van der Waals surface area contributed by atoms with E-state index in [1.54, 1.807) is 6.21 Å². The van der Waals surface area contributed by atoms with Crippen molar-refractivity contribution in [1.82, 2.24) is 5.01 Å². The van der Waals surface area contributed by atoms with Crippen LogP contribution < -0.4 is 0 Å². The molecule has 0 saturated heterocycles. The molecule has 0 aromatic rings. The summed E-state index contributed by atoms with van der Waals surface area (Å²) in [5.41, 5.74) is 0. The molecule has 4 heteroatoms. The molecular weight excluding hydrogens is 204 g/mol. The molecule has 1 heterocycles. The van der Waals surface area contributed by atoms with Crippen LogP contribution in [0.5, 0.6) is 0 Å². The van der Waals surface area contributed by atoms with Gasteiger partial charge in [0.15, 0.2) is 0 Å². The van der Waals surface area contributed by atoms with E-state index in [4.69, 9.17) is 11.6 Å². The molecule has 0 amide bonds. The van der Waals surface area contributed by atoms with E-state index in [2.05, 4.69) is 24.7 Å². The quantitative estimate of drug-likeness (QED) is 0.533. The van der Waals surface area contributed by atoms with Gasteiger partial charge in [-0.05, 0) is 6.42 Å². The van der Waals surface area contributed by atoms with Crippen molar-refractivity contribution in [1.29, 1.82) is 0 Å². The van der Waals surface area contributed by atoms with Gasteiger partial charge in [-0.25, -0.2) is 0 Å². The molecule has 1 aliphatic rings. The summed E-state index contributed by atoms with van der Waals surface area (Å²) in [4.78, 5) is 0. The second-order valence-corrected chi connectivity index (χ2v) is 4.87. The number of nitrogens with zero attached hydrogens (tertiary/aromatic N) is 2. The third-order valence-electron chi connectivity index (χ3n) is 1.64. The number of hydrogen-bond donors (Lipinski definition) is 0. The van der Waals surface area contributed by atoms with E-state index in [9.17, 15) is 0 Å². The first-order chi connectivity index (χ1) is 6.09. The lowest BCUT2D eigenvalue weighted by Gasteiger charge is -2.13.